The van der Waals surface area contributed by atoms with Gasteiger partial charge in [0.2, 0.25) is 0 Å². The van der Waals surface area contributed by atoms with E-state index in [-0.39, 0.29) is 37.0 Å². The normalized spacial score (nSPS) is 33.0. The first kappa shape index (κ1) is 24.9. The van der Waals surface area contributed by atoms with Crippen molar-refractivity contribution >= 4 is 11.7 Å². The largest absolute Gasteiger partial charge is 0.390 e. The molecule has 9 nitrogen and oxygen atoms in total. The second-order valence-corrected chi connectivity index (χ2v) is 8.51. The molecule has 3 rings (SSSR count). The van der Waals surface area contributed by atoms with E-state index in [1.807, 2.05) is 45.0 Å². The maximum atomic E-state index is 13.0. The molecule has 2 fully saturated rings. The van der Waals surface area contributed by atoms with E-state index in [4.69, 9.17) is 24.7 Å². The lowest BCUT2D eigenvalue weighted by molar-refractivity contribution is -0.271. The summed E-state index contributed by atoms with van der Waals surface area (Å²) in [6.07, 6.45) is -1.16. The van der Waals surface area contributed by atoms with Gasteiger partial charge >= 0.3 is 6.03 Å². The van der Waals surface area contributed by atoms with Crippen LogP contribution >= 0.6 is 0 Å². The molecule has 9 heteroatoms. The number of urea groups is 1. The first-order valence-electron chi connectivity index (χ1n) is 11.4. The van der Waals surface area contributed by atoms with Gasteiger partial charge in [-0.05, 0) is 38.5 Å². The molecule has 0 saturated carbocycles. The zero-order valence-corrected chi connectivity index (χ0v) is 19.4. The van der Waals surface area contributed by atoms with E-state index < -0.39 is 18.5 Å². The fourth-order valence-electron chi connectivity index (χ4n) is 4.48. The highest BCUT2D eigenvalue weighted by molar-refractivity contribution is 5.89. The van der Waals surface area contributed by atoms with Crippen molar-refractivity contribution < 1.29 is 28.8 Å². The van der Waals surface area contributed by atoms with Gasteiger partial charge in [-0.2, -0.15) is 0 Å². The number of hydrogen-bond donors (Lipinski definition) is 3. The second-order valence-electron chi connectivity index (χ2n) is 8.51. The predicted molar refractivity (Wildman–Crippen MR) is 120 cm³/mol. The predicted octanol–water partition coefficient (Wildman–Crippen LogP) is 2.07. The number of ether oxygens (including phenoxy) is 4. The zero-order valence-electron chi connectivity index (χ0n) is 19.4. The minimum Gasteiger partial charge on any atom is -0.390 e. The van der Waals surface area contributed by atoms with Gasteiger partial charge in [0.25, 0.3) is 0 Å². The average molecular weight is 452 g/mol. The first-order valence-corrected chi connectivity index (χ1v) is 11.4. The Morgan fingerprint density at radius 2 is 2.00 bits per heavy atom. The molecule has 0 aromatic heterocycles. The fraction of sp³-hybridized carbons (Fsp3) is 0.696. The summed E-state index contributed by atoms with van der Waals surface area (Å²) >= 11 is 0. The molecule has 0 radical (unpaired) electrons. The van der Waals surface area contributed by atoms with Gasteiger partial charge in [0.05, 0.1) is 37.1 Å². The molecular weight excluding hydrogens is 414 g/mol. The van der Waals surface area contributed by atoms with Crippen LogP contribution in [0.4, 0.5) is 10.5 Å². The van der Waals surface area contributed by atoms with Crippen LogP contribution in [0.2, 0.25) is 0 Å². The summed E-state index contributed by atoms with van der Waals surface area (Å²) in [7, 11) is 1.63. The highest BCUT2D eigenvalue weighted by Crippen LogP contribution is 2.28. The Labute approximate surface area is 190 Å². The maximum Gasteiger partial charge on any atom is 0.322 e. The summed E-state index contributed by atoms with van der Waals surface area (Å²) in [4.78, 5) is 14.7. The Hall–Kier alpha value is -1.75. The molecule has 1 aromatic rings. The smallest absolute Gasteiger partial charge is 0.322 e. The SMILES string of the molecule is CCN(C(=O)Nc1ccc(CN)cc1)[C@H]1CO[C@@H](O[C@H]2[C@H](C)O[C@H](C)C[C@@H]2O)C[C@@H]1OC. The van der Waals surface area contributed by atoms with Gasteiger partial charge in [0, 0.05) is 38.7 Å². The highest BCUT2D eigenvalue weighted by Gasteiger charge is 2.41. The van der Waals surface area contributed by atoms with Crippen LogP contribution in [0, 0.1) is 0 Å². The lowest BCUT2D eigenvalue weighted by atomic mass is 9.98. The molecule has 0 unspecified atom stereocenters. The molecule has 0 aliphatic carbocycles. The van der Waals surface area contributed by atoms with Crippen molar-refractivity contribution in [3.05, 3.63) is 29.8 Å². The zero-order chi connectivity index (χ0) is 23.3. The number of nitrogens with two attached hydrogens (primary N) is 1. The quantitative estimate of drug-likeness (QED) is 0.581. The van der Waals surface area contributed by atoms with Crippen molar-refractivity contribution in [2.45, 2.75) is 83.0 Å². The summed E-state index contributed by atoms with van der Waals surface area (Å²) in [5, 5.41) is 13.4. The molecule has 0 bridgehead atoms. The standard InChI is InChI=1S/C23H37N3O6/c1-5-26(23(28)25-17-8-6-16(12-24)7-9-17)18-13-30-21(11-20(18)29-4)32-22-15(3)31-14(2)10-19(22)27/h6-9,14-15,18-22,27H,5,10-13,24H2,1-4H3,(H,25,28)/t14-,15+,18+,19+,20+,21+,22+/m1/s1. The van der Waals surface area contributed by atoms with E-state index in [0.717, 1.165) is 5.56 Å². The summed E-state index contributed by atoms with van der Waals surface area (Å²) < 4.78 is 23.5. The third-order valence-corrected chi connectivity index (χ3v) is 6.22. The van der Waals surface area contributed by atoms with E-state index in [0.29, 0.717) is 31.6 Å². The number of methoxy groups -OCH3 is 1. The lowest BCUT2D eigenvalue weighted by Crippen LogP contribution is -2.57. The number of nitrogens with one attached hydrogen (secondary N) is 1. The summed E-state index contributed by atoms with van der Waals surface area (Å²) in [5.74, 6) is 0. The minimum atomic E-state index is -0.611. The molecular formula is C23H37N3O6. The van der Waals surface area contributed by atoms with Crippen LogP contribution in [-0.4, -0.2) is 79.2 Å². The molecule has 32 heavy (non-hydrogen) atoms. The Kier molecular flexibility index (Phi) is 8.87. The van der Waals surface area contributed by atoms with Crippen molar-refractivity contribution in [2.75, 3.05) is 25.6 Å². The maximum absolute atomic E-state index is 13.0. The molecule has 2 saturated heterocycles. The first-order chi connectivity index (χ1) is 15.4. The van der Waals surface area contributed by atoms with Gasteiger partial charge in [0.1, 0.15) is 6.10 Å². The number of nitrogens with zero attached hydrogens (tertiary/aromatic N) is 1. The van der Waals surface area contributed by atoms with Crippen LogP contribution in [0.1, 0.15) is 39.2 Å². The third-order valence-electron chi connectivity index (χ3n) is 6.22. The van der Waals surface area contributed by atoms with Gasteiger partial charge in [-0.25, -0.2) is 4.79 Å². The number of aliphatic hydroxyl groups is 1. The fourth-order valence-corrected chi connectivity index (χ4v) is 4.48. The van der Waals surface area contributed by atoms with Crippen molar-refractivity contribution in [1.29, 1.82) is 0 Å². The molecule has 1 aromatic carbocycles. The third kappa shape index (κ3) is 5.98. The number of aliphatic hydroxyl groups excluding tert-OH is 1. The number of anilines is 1. The van der Waals surface area contributed by atoms with Crippen molar-refractivity contribution in [2.24, 2.45) is 5.73 Å². The van der Waals surface area contributed by atoms with E-state index >= 15 is 0 Å². The van der Waals surface area contributed by atoms with Crippen LogP contribution in [0.5, 0.6) is 0 Å². The van der Waals surface area contributed by atoms with E-state index in [9.17, 15) is 9.90 Å². The molecule has 2 amide bonds. The topological polar surface area (TPSA) is 116 Å². The van der Waals surface area contributed by atoms with Gasteiger partial charge in [-0.3, -0.25) is 0 Å². The Balaban J connectivity index is 1.60. The van der Waals surface area contributed by atoms with Gasteiger partial charge < -0.3 is 40.0 Å². The minimum absolute atomic E-state index is 0.00800. The Morgan fingerprint density at radius 1 is 1.28 bits per heavy atom. The number of hydrogen-bond acceptors (Lipinski definition) is 7. The number of carbonyl (C=O) groups excluding carboxylic acids is 1. The highest BCUT2D eigenvalue weighted by atomic mass is 16.7. The Morgan fingerprint density at radius 3 is 2.59 bits per heavy atom. The van der Waals surface area contributed by atoms with Gasteiger partial charge in [-0.15, -0.1) is 0 Å². The number of benzene rings is 1. The number of likely N-dealkylation sites (N-methyl/N-ethyl adjacent to an activating group) is 1. The van der Waals surface area contributed by atoms with Gasteiger partial charge in [-0.1, -0.05) is 12.1 Å². The van der Waals surface area contributed by atoms with Gasteiger partial charge in [0.15, 0.2) is 6.29 Å². The monoisotopic (exact) mass is 451 g/mol. The number of amides is 2. The lowest BCUT2D eigenvalue weighted by Gasteiger charge is -2.43. The van der Waals surface area contributed by atoms with Crippen LogP contribution in [-0.2, 0) is 25.5 Å². The molecule has 7 atom stereocenters. The van der Waals surface area contributed by atoms with Crippen molar-refractivity contribution in [1.82, 2.24) is 4.90 Å². The summed E-state index contributed by atoms with van der Waals surface area (Å²) in [6.45, 7) is 6.98. The number of rotatable bonds is 7. The van der Waals surface area contributed by atoms with Crippen LogP contribution < -0.4 is 11.1 Å². The van der Waals surface area contributed by atoms with Crippen LogP contribution in [0.25, 0.3) is 0 Å². The van der Waals surface area contributed by atoms with E-state index in [1.54, 1.807) is 12.0 Å². The van der Waals surface area contributed by atoms with Crippen molar-refractivity contribution in [3.63, 3.8) is 0 Å². The Bertz CT molecular complexity index is 721. The average Bonchev–Trinajstić information content (AvgIpc) is 2.77. The van der Waals surface area contributed by atoms with Crippen molar-refractivity contribution in [3.8, 4) is 0 Å². The van der Waals surface area contributed by atoms with Crippen LogP contribution in [0.3, 0.4) is 0 Å². The second kappa shape index (κ2) is 11.4. The molecule has 2 aliphatic rings. The van der Waals surface area contributed by atoms with Crippen LogP contribution in [0.15, 0.2) is 24.3 Å². The van der Waals surface area contributed by atoms with E-state index in [1.165, 1.54) is 0 Å². The number of carbonyl (C=O) groups is 1. The van der Waals surface area contributed by atoms with E-state index in [2.05, 4.69) is 5.32 Å². The molecule has 4 N–H and O–H groups in total. The molecule has 180 valence electrons. The summed E-state index contributed by atoms with van der Waals surface area (Å²) in [5.41, 5.74) is 7.34. The molecule has 2 aliphatic heterocycles. The summed E-state index contributed by atoms with van der Waals surface area (Å²) in [6, 6.07) is 6.96. The molecule has 0 spiro atoms. The molecule has 2 heterocycles.